The third-order valence-electron chi connectivity index (χ3n) is 3.12. The summed E-state index contributed by atoms with van der Waals surface area (Å²) in [5, 5.41) is 2.99. The number of para-hydroxylation sites is 1. The third kappa shape index (κ3) is 2.96. The van der Waals surface area contributed by atoms with E-state index in [-0.39, 0.29) is 11.4 Å². The molecule has 0 fully saturated rings. The zero-order valence-electron chi connectivity index (χ0n) is 10.7. The van der Waals surface area contributed by atoms with Crippen molar-refractivity contribution in [3.8, 4) is 5.75 Å². The molecule has 1 aliphatic heterocycles. The van der Waals surface area contributed by atoms with E-state index in [1.54, 1.807) is 0 Å². The molecule has 0 saturated heterocycles. The van der Waals surface area contributed by atoms with Gasteiger partial charge in [-0.25, -0.2) is 0 Å². The molecule has 0 spiro atoms. The van der Waals surface area contributed by atoms with Crippen LogP contribution < -0.4 is 10.1 Å². The molecule has 1 amide bonds. The zero-order chi connectivity index (χ0) is 13.2. The van der Waals surface area contributed by atoms with Gasteiger partial charge in [0, 0.05) is 17.8 Å². The fourth-order valence-corrected chi connectivity index (χ4v) is 2.51. The van der Waals surface area contributed by atoms with Crippen molar-refractivity contribution < 1.29 is 9.53 Å². The highest BCUT2D eigenvalue weighted by Crippen LogP contribution is 2.28. The Morgan fingerprint density at radius 1 is 1.50 bits per heavy atom. The molecule has 1 atom stereocenters. The molecular weight excluding hydrogens is 250 g/mol. The zero-order valence-corrected chi connectivity index (χ0v) is 11.5. The number of nitrogens with one attached hydrogen (secondary N) is 1. The summed E-state index contributed by atoms with van der Waals surface area (Å²) in [4.78, 5) is 12.1. The highest BCUT2D eigenvalue weighted by Gasteiger charge is 2.31. The first-order valence-corrected chi connectivity index (χ1v) is 6.68. The standard InChI is InChI=1S/C14H18ClNO2/c1-14(2,7-8-15)16-13(17)12-9-10-5-3-4-6-11(10)18-12/h3-6,12H,7-9H2,1-2H3,(H,16,17). The Hall–Kier alpha value is -1.22. The predicted octanol–water partition coefficient (Wildman–Crippen LogP) is 2.51. The van der Waals surface area contributed by atoms with Crippen LogP contribution in [0.1, 0.15) is 25.8 Å². The van der Waals surface area contributed by atoms with E-state index in [0.29, 0.717) is 12.3 Å². The van der Waals surface area contributed by atoms with E-state index >= 15 is 0 Å². The number of ether oxygens (including phenoxy) is 1. The van der Waals surface area contributed by atoms with E-state index in [0.717, 1.165) is 17.7 Å². The predicted molar refractivity (Wildman–Crippen MR) is 72.1 cm³/mol. The Bertz CT molecular complexity index is 420. The van der Waals surface area contributed by atoms with Crippen LogP contribution in [0.5, 0.6) is 5.75 Å². The van der Waals surface area contributed by atoms with Crippen molar-refractivity contribution in [2.45, 2.75) is 38.3 Å². The number of rotatable bonds is 4. The molecule has 1 aromatic rings. The smallest absolute Gasteiger partial charge is 0.261 e. The molecule has 1 aromatic carbocycles. The number of fused-ring (bicyclic) bond motifs is 1. The van der Waals surface area contributed by atoms with Gasteiger partial charge in [-0.3, -0.25) is 4.79 Å². The van der Waals surface area contributed by atoms with Gasteiger partial charge < -0.3 is 10.1 Å². The van der Waals surface area contributed by atoms with Crippen molar-refractivity contribution in [1.82, 2.24) is 5.32 Å². The van der Waals surface area contributed by atoms with Gasteiger partial charge in [-0.1, -0.05) is 18.2 Å². The quantitative estimate of drug-likeness (QED) is 0.852. The van der Waals surface area contributed by atoms with Crippen molar-refractivity contribution in [3.63, 3.8) is 0 Å². The number of hydrogen-bond acceptors (Lipinski definition) is 2. The molecule has 1 N–H and O–H groups in total. The van der Waals surface area contributed by atoms with Crippen LogP contribution in [0.15, 0.2) is 24.3 Å². The van der Waals surface area contributed by atoms with E-state index in [2.05, 4.69) is 5.32 Å². The fraction of sp³-hybridized carbons (Fsp3) is 0.500. The van der Waals surface area contributed by atoms with Crippen LogP contribution in [0.4, 0.5) is 0 Å². The highest BCUT2D eigenvalue weighted by molar-refractivity contribution is 6.17. The SMILES string of the molecule is CC(C)(CCCl)NC(=O)C1Cc2ccccc2O1. The summed E-state index contributed by atoms with van der Waals surface area (Å²) in [6.07, 6.45) is 0.954. The first kappa shape index (κ1) is 13.2. The third-order valence-corrected chi connectivity index (χ3v) is 3.31. The lowest BCUT2D eigenvalue weighted by Crippen LogP contribution is -2.49. The lowest BCUT2D eigenvalue weighted by Gasteiger charge is -2.26. The lowest BCUT2D eigenvalue weighted by molar-refractivity contribution is -0.128. The summed E-state index contributed by atoms with van der Waals surface area (Å²) in [7, 11) is 0. The minimum absolute atomic E-state index is 0.0682. The van der Waals surface area contributed by atoms with Crippen molar-refractivity contribution in [2.24, 2.45) is 0 Å². The van der Waals surface area contributed by atoms with Gasteiger partial charge in [-0.15, -0.1) is 11.6 Å². The largest absolute Gasteiger partial charge is 0.480 e. The molecular formula is C14H18ClNO2. The molecule has 1 heterocycles. The maximum Gasteiger partial charge on any atom is 0.261 e. The van der Waals surface area contributed by atoms with E-state index in [9.17, 15) is 4.79 Å². The molecule has 0 aliphatic carbocycles. The number of carbonyl (C=O) groups is 1. The van der Waals surface area contributed by atoms with Crippen molar-refractivity contribution >= 4 is 17.5 Å². The average Bonchev–Trinajstić information content (AvgIpc) is 2.71. The summed E-state index contributed by atoms with van der Waals surface area (Å²) in [5.74, 6) is 1.27. The molecule has 3 nitrogen and oxygen atoms in total. The molecule has 0 aromatic heterocycles. The molecule has 2 rings (SSSR count). The lowest BCUT2D eigenvalue weighted by atomic mass is 10.0. The number of alkyl halides is 1. The van der Waals surface area contributed by atoms with Crippen LogP contribution in [0.25, 0.3) is 0 Å². The Morgan fingerprint density at radius 3 is 2.89 bits per heavy atom. The van der Waals surface area contributed by atoms with Crippen LogP contribution in [-0.4, -0.2) is 23.4 Å². The van der Waals surface area contributed by atoms with Crippen molar-refractivity contribution in [2.75, 3.05) is 5.88 Å². The second-order valence-electron chi connectivity index (χ2n) is 5.23. The molecule has 18 heavy (non-hydrogen) atoms. The van der Waals surface area contributed by atoms with E-state index in [1.807, 2.05) is 38.1 Å². The number of halogens is 1. The minimum atomic E-state index is -0.419. The van der Waals surface area contributed by atoms with Crippen LogP contribution in [0, 0.1) is 0 Å². The maximum atomic E-state index is 12.1. The molecule has 0 radical (unpaired) electrons. The number of carbonyl (C=O) groups excluding carboxylic acids is 1. The monoisotopic (exact) mass is 267 g/mol. The van der Waals surface area contributed by atoms with Crippen molar-refractivity contribution in [3.05, 3.63) is 29.8 Å². The first-order chi connectivity index (χ1) is 8.52. The second-order valence-corrected chi connectivity index (χ2v) is 5.61. The number of benzene rings is 1. The second kappa shape index (κ2) is 5.19. The topological polar surface area (TPSA) is 38.3 Å². The molecule has 0 bridgehead atoms. The molecule has 4 heteroatoms. The van der Waals surface area contributed by atoms with Gasteiger partial charge in [-0.05, 0) is 31.9 Å². The van der Waals surface area contributed by atoms with E-state index in [1.165, 1.54) is 0 Å². The molecule has 98 valence electrons. The normalized spacial score (nSPS) is 18.1. The molecule has 1 unspecified atom stereocenters. The first-order valence-electron chi connectivity index (χ1n) is 6.14. The van der Waals surface area contributed by atoms with Gasteiger partial charge in [0.15, 0.2) is 6.10 Å². The summed E-state index contributed by atoms with van der Waals surface area (Å²) in [5.41, 5.74) is 0.796. The number of hydrogen-bond donors (Lipinski definition) is 1. The van der Waals surface area contributed by atoms with Crippen LogP contribution in [0.3, 0.4) is 0 Å². The summed E-state index contributed by atoms with van der Waals surface area (Å²) < 4.78 is 5.65. The molecule has 0 saturated carbocycles. The van der Waals surface area contributed by atoms with Crippen LogP contribution in [-0.2, 0) is 11.2 Å². The maximum absolute atomic E-state index is 12.1. The average molecular weight is 268 g/mol. The Balaban J connectivity index is 1.97. The molecule has 1 aliphatic rings. The summed E-state index contributed by atoms with van der Waals surface area (Å²) in [6.45, 7) is 3.94. The van der Waals surface area contributed by atoms with Gasteiger partial charge in [0.05, 0.1) is 0 Å². The fourth-order valence-electron chi connectivity index (χ4n) is 2.04. The van der Waals surface area contributed by atoms with E-state index < -0.39 is 6.10 Å². The van der Waals surface area contributed by atoms with Gasteiger partial charge in [0.2, 0.25) is 0 Å². The minimum Gasteiger partial charge on any atom is -0.480 e. The van der Waals surface area contributed by atoms with Gasteiger partial charge in [0.1, 0.15) is 5.75 Å². The van der Waals surface area contributed by atoms with Crippen LogP contribution >= 0.6 is 11.6 Å². The van der Waals surface area contributed by atoms with Gasteiger partial charge in [-0.2, -0.15) is 0 Å². The highest BCUT2D eigenvalue weighted by atomic mass is 35.5. The van der Waals surface area contributed by atoms with Crippen LogP contribution in [0.2, 0.25) is 0 Å². The Morgan fingerprint density at radius 2 is 2.22 bits per heavy atom. The van der Waals surface area contributed by atoms with Crippen molar-refractivity contribution in [1.29, 1.82) is 0 Å². The Kier molecular flexibility index (Phi) is 3.81. The summed E-state index contributed by atoms with van der Waals surface area (Å²) >= 11 is 5.72. The summed E-state index contributed by atoms with van der Waals surface area (Å²) in [6, 6.07) is 7.76. The number of amides is 1. The Labute approximate surface area is 112 Å². The van der Waals surface area contributed by atoms with Gasteiger partial charge >= 0.3 is 0 Å². The van der Waals surface area contributed by atoms with Gasteiger partial charge in [0.25, 0.3) is 5.91 Å². The van der Waals surface area contributed by atoms with E-state index in [4.69, 9.17) is 16.3 Å².